The second kappa shape index (κ2) is 9.11. The zero-order valence-corrected chi connectivity index (χ0v) is 20.7. The predicted octanol–water partition coefficient (Wildman–Crippen LogP) is 3.80. The highest BCUT2D eigenvalue weighted by Gasteiger charge is 2.41. The molecule has 182 valence electrons. The SMILES string of the molecule is C[C@H](C#N)n1c(N2CC(C(C)(C)O)C2)c(-c2ccc(F)c(Cl)c2)c(=O)n(-c2cncc(Cl)c2)c1=O. The van der Waals surface area contributed by atoms with Crippen LogP contribution in [-0.4, -0.2) is 37.9 Å². The van der Waals surface area contributed by atoms with E-state index < -0.39 is 28.7 Å². The Labute approximate surface area is 210 Å². The molecule has 3 aromatic rings. The average molecular weight is 518 g/mol. The van der Waals surface area contributed by atoms with Crippen molar-refractivity contribution < 1.29 is 9.50 Å². The van der Waals surface area contributed by atoms with Crippen molar-refractivity contribution >= 4 is 29.0 Å². The molecule has 0 unspecified atom stereocenters. The zero-order valence-electron chi connectivity index (χ0n) is 19.2. The van der Waals surface area contributed by atoms with Gasteiger partial charge in [0, 0.05) is 25.2 Å². The third-order valence-electron chi connectivity index (χ3n) is 6.18. The van der Waals surface area contributed by atoms with Crippen LogP contribution in [0.25, 0.3) is 16.8 Å². The zero-order chi connectivity index (χ0) is 25.7. The Morgan fingerprint density at radius 1 is 1.23 bits per heavy atom. The van der Waals surface area contributed by atoms with Crippen LogP contribution in [0.3, 0.4) is 0 Å². The summed E-state index contributed by atoms with van der Waals surface area (Å²) in [5.41, 5.74) is -2.00. The van der Waals surface area contributed by atoms with E-state index in [1.54, 1.807) is 18.7 Å². The smallest absolute Gasteiger partial charge is 0.338 e. The number of rotatable bonds is 5. The highest BCUT2D eigenvalue weighted by Crippen LogP contribution is 2.37. The first kappa shape index (κ1) is 24.9. The van der Waals surface area contributed by atoms with Crippen LogP contribution >= 0.6 is 23.2 Å². The lowest BCUT2D eigenvalue weighted by molar-refractivity contribution is 0.00414. The molecule has 0 saturated carbocycles. The Morgan fingerprint density at radius 2 is 1.91 bits per heavy atom. The number of aromatic nitrogens is 3. The first-order valence-electron chi connectivity index (χ1n) is 10.8. The van der Waals surface area contributed by atoms with Gasteiger partial charge >= 0.3 is 5.69 Å². The monoisotopic (exact) mass is 517 g/mol. The number of anilines is 1. The summed E-state index contributed by atoms with van der Waals surface area (Å²) in [6, 6.07) is 6.33. The molecule has 3 heterocycles. The van der Waals surface area contributed by atoms with Gasteiger partial charge in [-0.3, -0.25) is 14.3 Å². The number of nitrogens with zero attached hydrogens (tertiary/aromatic N) is 5. The van der Waals surface area contributed by atoms with Gasteiger partial charge in [-0.2, -0.15) is 5.26 Å². The molecule has 8 nitrogen and oxygen atoms in total. The summed E-state index contributed by atoms with van der Waals surface area (Å²) in [5.74, 6) is -0.600. The molecule has 0 radical (unpaired) electrons. The molecular formula is C24H22Cl2FN5O3. The van der Waals surface area contributed by atoms with Crippen LogP contribution in [0.15, 0.2) is 46.2 Å². The first-order chi connectivity index (χ1) is 16.4. The van der Waals surface area contributed by atoms with Crippen LogP contribution in [0.1, 0.15) is 26.8 Å². The lowest BCUT2D eigenvalue weighted by Crippen LogP contribution is -2.58. The number of pyridine rings is 1. The Morgan fingerprint density at radius 3 is 2.49 bits per heavy atom. The van der Waals surface area contributed by atoms with Gasteiger partial charge in [-0.25, -0.2) is 13.8 Å². The molecule has 0 aliphatic carbocycles. The van der Waals surface area contributed by atoms with Gasteiger partial charge in [0.25, 0.3) is 5.56 Å². The van der Waals surface area contributed by atoms with Gasteiger partial charge in [-0.05, 0) is 44.5 Å². The van der Waals surface area contributed by atoms with E-state index in [0.717, 1.165) is 10.6 Å². The van der Waals surface area contributed by atoms with Crippen molar-refractivity contribution in [3.63, 3.8) is 0 Å². The maximum Gasteiger partial charge on any atom is 0.338 e. The van der Waals surface area contributed by atoms with Gasteiger partial charge in [-0.1, -0.05) is 29.3 Å². The molecule has 1 fully saturated rings. The van der Waals surface area contributed by atoms with E-state index in [2.05, 4.69) is 11.1 Å². The van der Waals surface area contributed by atoms with E-state index in [-0.39, 0.29) is 38.6 Å². The fourth-order valence-corrected chi connectivity index (χ4v) is 4.43. The van der Waals surface area contributed by atoms with E-state index in [1.807, 2.05) is 0 Å². The Balaban J connectivity index is 2.09. The Hall–Kier alpha value is -3.19. The van der Waals surface area contributed by atoms with Gasteiger partial charge in [0.1, 0.15) is 17.7 Å². The summed E-state index contributed by atoms with van der Waals surface area (Å²) in [7, 11) is 0. The molecule has 0 amide bonds. The number of halogens is 3. The minimum atomic E-state index is -0.983. The van der Waals surface area contributed by atoms with Crippen molar-refractivity contribution in [1.29, 1.82) is 5.26 Å². The maximum absolute atomic E-state index is 14.0. The van der Waals surface area contributed by atoms with Crippen LogP contribution in [0.2, 0.25) is 10.0 Å². The van der Waals surface area contributed by atoms with Gasteiger partial charge in [0.15, 0.2) is 0 Å². The molecule has 2 aromatic heterocycles. The van der Waals surface area contributed by atoms with Crippen molar-refractivity contribution in [2.24, 2.45) is 5.92 Å². The summed E-state index contributed by atoms with van der Waals surface area (Å²) in [5, 5.41) is 20.2. The lowest BCUT2D eigenvalue weighted by Gasteiger charge is -2.47. The van der Waals surface area contributed by atoms with Crippen LogP contribution in [0.4, 0.5) is 10.2 Å². The highest BCUT2D eigenvalue weighted by atomic mass is 35.5. The van der Waals surface area contributed by atoms with Crippen LogP contribution in [0, 0.1) is 23.1 Å². The van der Waals surface area contributed by atoms with Gasteiger partial charge in [-0.15, -0.1) is 0 Å². The molecule has 1 aliphatic heterocycles. The third-order valence-corrected chi connectivity index (χ3v) is 6.67. The Kier molecular flexibility index (Phi) is 6.49. The van der Waals surface area contributed by atoms with Crippen molar-refractivity contribution in [3.05, 3.63) is 73.4 Å². The molecule has 0 spiro atoms. The molecule has 1 saturated heterocycles. The summed E-state index contributed by atoms with van der Waals surface area (Å²) < 4.78 is 16.1. The average Bonchev–Trinajstić information content (AvgIpc) is 2.74. The van der Waals surface area contributed by atoms with E-state index in [0.29, 0.717) is 13.1 Å². The summed E-state index contributed by atoms with van der Waals surface area (Å²) in [4.78, 5) is 33.3. The minimum Gasteiger partial charge on any atom is -0.390 e. The highest BCUT2D eigenvalue weighted by molar-refractivity contribution is 6.31. The van der Waals surface area contributed by atoms with Crippen molar-refractivity contribution in [3.8, 4) is 22.9 Å². The number of aliphatic hydroxyl groups is 1. The standard InChI is InChI=1S/C24H22Cl2FN5O3/c1-13(8-28)31-21(30-11-15(12-30)24(2,3)35)20(14-4-5-19(27)18(26)6-14)22(33)32(23(31)34)17-7-16(25)9-29-10-17/h4-7,9-10,13,15,35H,11-12H2,1-3H3/t13-/m1/s1. The van der Waals surface area contributed by atoms with Crippen molar-refractivity contribution in [1.82, 2.24) is 14.1 Å². The topological polar surface area (TPSA) is 104 Å². The molecule has 11 heteroatoms. The van der Waals surface area contributed by atoms with Crippen LogP contribution in [0.5, 0.6) is 0 Å². The van der Waals surface area contributed by atoms with Gasteiger partial charge in [0.2, 0.25) is 0 Å². The first-order valence-corrected chi connectivity index (χ1v) is 11.5. The largest absolute Gasteiger partial charge is 0.390 e. The quantitative estimate of drug-likeness (QED) is 0.551. The fraction of sp³-hybridized carbons (Fsp3) is 0.333. The predicted molar refractivity (Wildman–Crippen MR) is 132 cm³/mol. The molecule has 0 bridgehead atoms. The van der Waals surface area contributed by atoms with Crippen molar-refractivity contribution in [2.45, 2.75) is 32.4 Å². The molecule has 1 aromatic carbocycles. The second-order valence-electron chi connectivity index (χ2n) is 9.04. The Bertz CT molecular complexity index is 1470. The molecule has 1 atom stereocenters. The van der Waals surface area contributed by atoms with Crippen molar-refractivity contribution in [2.75, 3.05) is 18.0 Å². The van der Waals surface area contributed by atoms with E-state index in [4.69, 9.17) is 23.2 Å². The van der Waals surface area contributed by atoms with Gasteiger partial charge < -0.3 is 10.0 Å². The number of hydrogen-bond acceptors (Lipinski definition) is 6. The lowest BCUT2D eigenvalue weighted by atomic mass is 9.84. The van der Waals surface area contributed by atoms with Gasteiger partial charge in [0.05, 0.1) is 39.2 Å². The second-order valence-corrected chi connectivity index (χ2v) is 9.89. The molecular weight excluding hydrogens is 496 g/mol. The normalized spacial score (nSPS) is 15.0. The summed E-state index contributed by atoms with van der Waals surface area (Å²) in [6.07, 6.45) is 2.67. The molecule has 1 aliphatic rings. The molecule has 1 N–H and O–H groups in total. The number of hydrogen-bond donors (Lipinski definition) is 1. The minimum absolute atomic E-state index is 0.0581. The molecule has 4 rings (SSSR count). The van der Waals surface area contributed by atoms with E-state index in [1.165, 1.54) is 42.1 Å². The molecule has 35 heavy (non-hydrogen) atoms. The maximum atomic E-state index is 14.0. The number of benzene rings is 1. The van der Waals surface area contributed by atoms with Crippen LogP contribution in [-0.2, 0) is 0 Å². The summed E-state index contributed by atoms with van der Waals surface area (Å²) in [6.45, 7) is 5.58. The van der Waals surface area contributed by atoms with E-state index >= 15 is 0 Å². The van der Waals surface area contributed by atoms with E-state index in [9.17, 15) is 24.3 Å². The fourth-order valence-electron chi connectivity index (χ4n) is 4.08. The summed E-state index contributed by atoms with van der Waals surface area (Å²) >= 11 is 12.1. The number of nitriles is 1. The third kappa shape index (κ3) is 4.45. The van der Waals surface area contributed by atoms with Crippen LogP contribution < -0.4 is 16.1 Å².